The summed E-state index contributed by atoms with van der Waals surface area (Å²) in [5.41, 5.74) is 1.38. The Labute approximate surface area is 238 Å². The molecule has 4 rings (SSSR count). The number of thiophene rings is 1. The van der Waals surface area contributed by atoms with Crippen molar-refractivity contribution in [3.8, 4) is 5.75 Å². The lowest BCUT2D eigenvalue weighted by atomic mass is 10.1. The predicted molar refractivity (Wildman–Crippen MR) is 152 cm³/mol. The first-order valence-corrected chi connectivity index (χ1v) is 15.5. The first kappa shape index (κ1) is 28.7. The maximum absolute atomic E-state index is 13.4. The third-order valence-corrected chi connectivity index (χ3v) is 9.21. The van der Waals surface area contributed by atoms with Gasteiger partial charge in [-0.25, -0.2) is 0 Å². The van der Waals surface area contributed by atoms with E-state index in [-0.39, 0.29) is 39.2 Å². The first-order valence-electron chi connectivity index (χ1n) is 12.4. The Morgan fingerprint density at radius 1 is 1.11 bits per heavy atom. The van der Waals surface area contributed by atoms with Gasteiger partial charge in [-0.3, -0.25) is 4.79 Å². The van der Waals surface area contributed by atoms with E-state index < -0.39 is 10.1 Å². The predicted octanol–water partition coefficient (Wildman–Crippen LogP) is 6.49. The number of carbonyl (C=O) groups is 1. The Kier molecular flexibility index (Phi) is 9.59. The van der Waals surface area contributed by atoms with Crippen LogP contribution in [0.3, 0.4) is 0 Å². The summed E-state index contributed by atoms with van der Waals surface area (Å²) in [4.78, 5) is 17.7. The standard InChI is InChI=1S/C27H30Cl2N2O5S2/c1-3-30(4-2)20-10-9-19(25(15-20)36-38(33,34)22-11-12-23(28)24(29)16-22)17-31(18-21-7-5-13-35-21)27(32)26-8-6-14-37-26/h6,8-12,14-16,21H,3-5,7,13,17-18H2,1-2H3/t21-/m0/s1. The van der Waals surface area contributed by atoms with Crippen LogP contribution in [0, 0.1) is 0 Å². The van der Waals surface area contributed by atoms with E-state index in [1.807, 2.05) is 37.4 Å². The molecule has 0 N–H and O–H groups in total. The molecule has 2 aromatic carbocycles. The molecule has 0 spiro atoms. The Hall–Kier alpha value is -2.30. The van der Waals surface area contributed by atoms with E-state index in [1.54, 1.807) is 17.0 Å². The zero-order chi connectivity index (χ0) is 27.3. The fraction of sp³-hybridized carbons (Fsp3) is 0.370. The van der Waals surface area contributed by atoms with Crippen molar-refractivity contribution < 1.29 is 22.1 Å². The molecule has 1 amide bonds. The van der Waals surface area contributed by atoms with Crippen LogP contribution in [0.25, 0.3) is 0 Å². The van der Waals surface area contributed by atoms with Crippen LogP contribution >= 0.6 is 34.5 Å². The van der Waals surface area contributed by atoms with Crippen molar-refractivity contribution in [1.82, 2.24) is 4.90 Å². The molecule has 38 heavy (non-hydrogen) atoms. The van der Waals surface area contributed by atoms with Crippen LogP contribution in [0.5, 0.6) is 5.75 Å². The molecule has 2 heterocycles. The van der Waals surface area contributed by atoms with Gasteiger partial charge in [-0.15, -0.1) is 11.3 Å². The summed E-state index contributed by atoms with van der Waals surface area (Å²) < 4.78 is 38.1. The minimum Gasteiger partial charge on any atom is -0.379 e. The van der Waals surface area contributed by atoms with Crippen molar-refractivity contribution in [2.45, 2.75) is 44.2 Å². The normalized spacial score (nSPS) is 15.4. The second-order valence-electron chi connectivity index (χ2n) is 8.88. The van der Waals surface area contributed by atoms with E-state index in [2.05, 4.69) is 4.90 Å². The van der Waals surface area contributed by atoms with Gasteiger partial charge in [-0.1, -0.05) is 35.3 Å². The van der Waals surface area contributed by atoms with Gasteiger partial charge in [0.1, 0.15) is 10.6 Å². The minimum atomic E-state index is -4.24. The molecule has 0 unspecified atom stereocenters. The topological polar surface area (TPSA) is 76.2 Å². The first-order chi connectivity index (χ1) is 18.2. The Morgan fingerprint density at radius 2 is 1.89 bits per heavy atom. The molecule has 0 saturated carbocycles. The van der Waals surface area contributed by atoms with Gasteiger partial charge in [0.15, 0.2) is 0 Å². The summed E-state index contributed by atoms with van der Waals surface area (Å²) in [6.45, 7) is 6.73. The van der Waals surface area contributed by atoms with Gasteiger partial charge in [0.25, 0.3) is 5.91 Å². The average Bonchev–Trinajstić information content (AvgIpc) is 3.61. The van der Waals surface area contributed by atoms with Crippen LogP contribution in [0.1, 0.15) is 41.9 Å². The number of ether oxygens (including phenoxy) is 1. The molecule has 1 fully saturated rings. The highest BCUT2D eigenvalue weighted by atomic mass is 35.5. The summed E-state index contributed by atoms with van der Waals surface area (Å²) in [5, 5.41) is 2.21. The molecule has 0 aliphatic carbocycles. The molecule has 1 aliphatic rings. The second-order valence-corrected chi connectivity index (χ2v) is 12.2. The van der Waals surface area contributed by atoms with Gasteiger partial charge in [0.2, 0.25) is 0 Å². The van der Waals surface area contributed by atoms with Crippen molar-refractivity contribution in [2.75, 3.05) is 31.1 Å². The number of carbonyl (C=O) groups excluding carboxylic acids is 1. The van der Waals surface area contributed by atoms with Crippen molar-refractivity contribution >= 4 is 56.3 Å². The fourth-order valence-corrected chi connectivity index (χ4v) is 6.39. The number of benzene rings is 2. The monoisotopic (exact) mass is 596 g/mol. The van der Waals surface area contributed by atoms with E-state index >= 15 is 0 Å². The number of nitrogens with zero attached hydrogens (tertiary/aromatic N) is 2. The van der Waals surface area contributed by atoms with Gasteiger partial charge < -0.3 is 18.7 Å². The van der Waals surface area contributed by atoms with Crippen LogP contribution in [0.15, 0.2) is 58.8 Å². The Balaban J connectivity index is 1.71. The van der Waals surface area contributed by atoms with Crippen LogP contribution < -0.4 is 9.08 Å². The Bertz CT molecular complexity index is 1360. The van der Waals surface area contributed by atoms with Gasteiger partial charge in [-0.05, 0) is 62.4 Å². The summed E-state index contributed by atoms with van der Waals surface area (Å²) in [7, 11) is -4.24. The van der Waals surface area contributed by atoms with E-state index in [4.69, 9.17) is 32.1 Å². The van der Waals surface area contributed by atoms with Gasteiger partial charge in [0, 0.05) is 50.1 Å². The molecule has 1 aromatic heterocycles. The molecule has 11 heteroatoms. The van der Waals surface area contributed by atoms with E-state index in [0.29, 0.717) is 23.6 Å². The number of halogens is 2. The lowest BCUT2D eigenvalue weighted by Crippen LogP contribution is -2.36. The Morgan fingerprint density at radius 3 is 2.53 bits per heavy atom. The molecule has 0 bridgehead atoms. The maximum Gasteiger partial charge on any atom is 0.339 e. The molecule has 3 aromatic rings. The number of hydrogen-bond acceptors (Lipinski definition) is 7. The minimum absolute atomic E-state index is 0.0711. The smallest absolute Gasteiger partial charge is 0.339 e. The maximum atomic E-state index is 13.4. The molecule has 1 saturated heterocycles. The number of amides is 1. The number of anilines is 1. The summed E-state index contributed by atoms with van der Waals surface area (Å²) >= 11 is 13.4. The van der Waals surface area contributed by atoms with Crippen LogP contribution in [-0.4, -0.2) is 51.6 Å². The van der Waals surface area contributed by atoms with E-state index in [1.165, 1.54) is 29.5 Å². The molecule has 7 nitrogen and oxygen atoms in total. The van der Waals surface area contributed by atoms with Gasteiger partial charge >= 0.3 is 10.1 Å². The van der Waals surface area contributed by atoms with Crippen LogP contribution in [0.2, 0.25) is 10.0 Å². The van der Waals surface area contributed by atoms with E-state index in [9.17, 15) is 13.2 Å². The summed E-state index contributed by atoms with van der Waals surface area (Å²) in [5.74, 6) is 0.0124. The molecule has 0 radical (unpaired) electrons. The number of rotatable bonds is 11. The van der Waals surface area contributed by atoms with Crippen molar-refractivity contribution in [3.63, 3.8) is 0 Å². The van der Waals surface area contributed by atoms with Crippen molar-refractivity contribution in [3.05, 3.63) is 74.4 Å². The average molecular weight is 598 g/mol. The molecular weight excluding hydrogens is 567 g/mol. The SMILES string of the molecule is CCN(CC)c1ccc(CN(C[C@@H]2CCCO2)C(=O)c2cccs2)c(OS(=O)(=O)c2ccc(Cl)c(Cl)c2)c1. The molecule has 204 valence electrons. The third-order valence-electron chi connectivity index (χ3n) is 6.39. The van der Waals surface area contributed by atoms with Crippen LogP contribution in [-0.2, 0) is 21.4 Å². The highest BCUT2D eigenvalue weighted by Crippen LogP contribution is 2.32. The quantitative estimate of drug-likeness (QED) is 0.235. The number of hydrogen-bond donors (Lipinski definition) is 0. The van der Waals surface area contributed by atoms with Gasteiger partial charge in [-0.2, -0.15) is 8.42 Å². The lowest BCUT2D eigenvalue weighted by molar-refractivity contribution is 0.0510. The van der Waals surface area contributed by atoms with Gasteiger partial charge in [0.05, 0.1) is 21.0 Å². The van der Waals surface area contributed by atoms with E-state index in [0.717, 1.165) is 31.6 Å². The third kappa shape index (κ3) is 6.82. The molecule has 1 aliphatic heterocycles. The highest BCUT2D eigenvalue weighted by Gasteiger charge is 2.27. The lowest BCUT2D eigenvalue weighted by Gasteiger charge is -2.27. The van der Waals surface area contributed by atoms with Crippen LogP contribution in [0.4, 0.5) is 5.69 Å². The second kappa shape index (κ2) is 12.7. The molecular formula is C27H30Cl2N2O5S2. The molecule has 1 atom stereocenters. The summed E-state index contributed by atoms with van der Waals surface area (Å²) in [6.07, 6.45) is 1.74. The van der Waals surface area contributed by atoms with Crippen molar-refractivity contribution in [2.24, 2.45) is 0 Å². The largest absolute Gasteiger partial charge is 0.379 e. The summed E-state index contributed by atoms with van der Waals surface area (Å²) in [6, 6.07) is 13.1. The zero-order valence-corrected chi connectivity index (χ0v) is 24.4. The highest BCUT2D eigenvalue weighted by molar-refractivity contribution is 7.87. The fourth-order valence-electron chi connectivity index (χ4n) is 4.35. The van der Waals surface area contributed by atoms with Crippen molar-refractivity contribution in [1.29, 1.82) is 0 Å². The zero-order valence-electron chi connectivity index (χ0n) is 21.2.